The molecule has 1 rings (SSSR count). The van der Waals surface area contributed by atoms with E-state index < -0.39 is 55.2 Å². The van der Waals surface area contributed by atoms with Gasteiger partial charge < -0.3 is 29.2 Å². The van der Waals surface area contributed by atoms with Gasteiger partial charge in [0.25, 0.3) is 0 Å². The number of ether oxygens (including phenoxy) is 4. The van der Waals surface area contributed by atoms with Gasteiger partial charge in [-0.25, -0.2) is 0 Å². The van der Waals surface area contributed by atoms with Gasteiger partial charge in [-0.15, -0.1) is 0 Å². The van der Waals surface area contributed by atoms with Crippen molar-refractivity contribution in [2.45, 2.75) is 51.5 Å². The minimum atomic E-state index is -1.52. The Hall–Kier alpha value is -1.71. The van der Waals surface area contributed by atoms with E-state index in [2.05, 4.69) is 0 Å². The van der Waals surface area contributed by atoms with Crippen LogP contribution in [-0.4, -0.2) is 65.4 Å². The highest BCUT2D eigenvalue weighted by molar-refractivity contribution is 5.67. The molecule has 1 heterocycles. The first kappa shape index (κ1) is 17.3. The fraction of sp³-hybridized carbons (Fsp3) is 0.750. The molecule has 1 fully saturated rings. The second-order valence-corrected chi connectivity index (χ2v) is 4.47. The van der Waals surface area contributed by atoms with Gasteiger partial charge in [0.05, 0.1) is 6.61 Å². The Morgan fingerprint density at radius 2 is 1.43 bits per heavy atom. The predicted molar refractivity (Wildman–Crippen MR) is 64.6 cm³/mol. The summed E-state index contributed by atoms with van der Waals surface area (Å²) in [6, 6.07) is 0. The van der Waals surface area contributed by atoms with E-state index in [1.54, 1.807) is 0 Å². The molecule has 2 N–H and O–H groups in total. The Kier molecular flexibility index (Phi) is 6.06. The summed E-state index contributed by atoms with van der Waals surface area (Å²) in [7, 11) is 0. The molecule has 0 aliphatic carbocycles. The molecular weight excluding hydrogens is 288 g/mol. The van der Waals surface area contributed by atoms with Crippen LogP contribution in [0.5, 0.6) is 0 Å². The maximum atomic E-state index is 11.1. The number of rotatable bonds is 4. The molecular formula is C12H18O9. The van der Waals surface area contributed by atoms with E-state index in [9.17, 15) is 24.6 Å². The molecule has 120 valence electrons. The molecule has 21 heavy (non-hydrogen) atoms. The monoisotopic (exact) mass is 306 g/mol. The first-order valence-electron chi connectivity index (χ1n) is 6.22. The summed E-state index contributed by atoms with van der Waals surface area (Å²) in [4.78, 5) is 33.2. The van der Waals surface area contributed by atoms with E-state index in [0.717, 1.165) is 20.8 Å². The molecule has 5 atom stereocenters. The van der Waals surface area contributed by atoms with Gasteiger partial charge in [0.1, 0.15) is 12.2 Å². The molecule has 1 aliphatic rings. The summed E-state index contributed by atoms with van der Waals surface area (Å²) >= 11 is 0. The molecule has 9 nitrogen and oxygen atoms in total. The first-order chi connectivity index (χ1) is 9.76. The number of carbonyl (C=O) groups excluding carboxylic acids is 3. The van der Waals surface area contributed by atoms with Crippen molar-refractivity contribution in [1.82, 2.24) is 0 Å². The van der Waals surface area contributed by atoms with Crippen molar-refractivity contribution in [2.24, 2.45) is 0 Å². The fourth-order valence-electron chi connectivity index (χ4n) is 1.95. The van der Waals surface area contributed by atoms with Gasteiger partial charge in [-0.2, -0.15) is 0 Å². The first-order valence-corrected chi connectivity index (χ1v) is 6.22. The van der Waals surface area contributed by atoms with Crippen molar-refractivity contribution in [3.05, 3.63) is 0 Å². The largest absolute Gasteiger partial charge is 0.457 e. The summed E-state index contributed by atoms with van der Waals surface area (Å²) in [6.45, 7) is 2.71. The fourth-order valence-corrected chi connectivity index (χ4v) is 1.95. The highest BCUT2D eigenvalue weighted by atomic mass is 16.7. The van der Waals surface area contributed by atoms with Crippen LogP contribution in [0.4, 0.5) is 0 Å². The smallest absolute Gasteiger partial charge is 0.305 e. The van der Waals surface area contributed by atoms with Gasteiger partial charge in [-0.3, -0.25) is 14.4 Å². The predicted octanol–water partition coefficient (Wildman–Crippen LogP) is -1.51. The minimum Gasteiger partial charge on any atom is -0.457 e. The lowest BCUT2D eigenvalue weighted by atomic mass is 9.98. The number of esters is 3. The molecule has 0 aromatic heterocycles. The number of hydrogen-bond donors (Lipinski definition) is 2. The molecule has 0 aromatic carbocycles. The Bertz CT molecular complexity index is 408. The average molecular weight is 306 g/mol. The van der Waals surface area contributed by atoms with Crippen molar-refractivity contribution in [3.63, 3.8) is 0 Å². The third-order valence-electron chi connectivity index (χ3n) is 2.68. The minimum absolute atomic E-state index is 0.598. The van der Waals surface area contributed by atoms with Crippen LogP contribution >= 0.6 is 0 Å². The number of hydrogen-bond acceptors (Lipinski definition) is 9. The van der Waals surface area contributed by atoms with Gasteiger partial charge in [0, 0.05) is 20.8 Å². The lowest BCUT2D eigenvalue weighted by molar-refractivity contribution is -0.297. The topological polar surface area (TPSA) is 129 Å². The van der Waals surface area contributed by atoms with E-state index in [1.165, 1.54) is 0 Å². The van der Waals surface area contributed by atoms with Crippen molar-refractivity contribution in [2.75, 3.05) is 6.61 Å². The molecule has 0 amide bonds. The standard InChI is InChI=1S/C12H18O9/c1-5(14)18-10-8(4-13)21-12(20-7(3)16)11(9(10)17)19-6(2)15/h8-13,17H,4H2,1-3H3/t8?,9?,10-,11?,12?/m1/s1. The second-order valence-electron chi connectivity index (χ2n) is 4.47. The van der Waals surface area contributed by atoms with Crippen molar-refractivity contribution < 1.29 is 43.5 Å². The molecule has 0 radical (unpaired) electrons. The zero-order valence-corrected chi connectivity index (χ0v) is 11.8. The average Bonchev–Trinajstić information content (AvgIpc) is 2.35. The number of aliphatic hydroxyl groups is 2. The molecule has 0 saturated carbocycles. The van der Waals surface area contributed by atoms with Crippen LogP contribution in [0.2, 0.25) is 0 Å². The second kappa shape index (κ2) is 7.34. The van der Waals surface area contributed by atoms with Crippen LogP contribution in [0.15, 0.2) is 0 Å². The van der Waals surface area contributed by atoms with Crippen molar-refractivity contribution in [3.8, 4) is 0 Å². The molecule has 9 heteroatoms. The summed E-state index contributed by atoms with van der Waals surface area (Å²) in [6.07, 6.45) is -6.69. The van der Waals surface area contributed by atoms with E-state index >= 15 is 0 Å². The normalized spacial score (nSPS) is 32.1. The SMILES string of the molecule is CC(=O)OC1OC(CO)[C@@H](OC(C)=O)C(O)C1OC(C)=O. The van der Waals surface area contributed by atoms with Crippen LogP contribution in [0.25, 0.3) is 0 Å². The third kappa shape index (κ3) is 4.66. The van der Waals surface area contributed by atoms with Crippen LogP contribution < -0.4 is 0 Å². The Labute approximate surface area is 120 Å². The quantitative estimate of drug-likeness (QED) is 0.470. The van der Waals surface area contributed by atoms with E-state index in [1.807, 2.05) is 0 Å². The summed E-state index contributed by atoms with van der Waals surface area (Å²) in [5.41, 5.74) is 0. The molecule has 4 unspecified atom stereocenters. The molecule has 1 aliphatic heterocycles. The summed E-state index contributed by atoms with van der Waals surface area (Å²) in [5.74, 6) is -2.19. The van der Waals surface area contributed by atoms with Crippen LogP contribution in [0.3, 0.4) is 0 Å². The Morgan fingerprint density at radius 1 is 0.952 bits per heavy atom. The van der Waals surface area contributed by atoms with E-state index in [4.69, 9.17) is 18.9 Å². The lowest BCUT2D eigenvalue weighted by Gasteiger charge is -2.41. The zero-order valence-electron chi connectivity index (χ0n) is 11.8. The third-order valence-corrected chi connectivity index (χ3v) is 2.68. The Balaban J connectivity index is 2.99. The van der Waals surface area contributed by atoms with Gasteiger partial charge in [0.2, 0.25) is 6.29 Å². The molecule has 0 aromatic rings. The van der Waals surface area contributed by atoms with Gasteiger partial charge in [-0.05, 0) is 0 Å². The molecule has 0 spiro atoms. The summed E-state index contributed by atoms with van der Waals surface area (Å²) < 4.78 is 19.8. The van der Waals surface area contributed by atoms with Gasteiger partial charge >= 0.3 is 17.9 Å². The maximum absolute atomic E-state index is 11.1. The highest BCUT2D eigenvalue weighted by Crippen LogP contribution is 2.26. The molecule has 1 saturated heterocycles. The van der Waals surface area contributed by atoms with Gasteiger partial charge in [0.15, 0.2) is 12.2 Å². The molecule has 0 bridgehead atoms. The van der Waals surface area contributed by atoms with E-state index in [0.29, 0.717) is 0 Å². The summed E-state index contributed by atoms with van der Waals surface area (Å²) in [5, 5.41) is 19.4. The van der Waals surface area contributed by atoms with Crippen LogP contribution in [0, 0.1) is 0 Å². The van der Waals surface area contributed by atoms with Crippen LogP contribution in [0.1, 0.15) is 20.8 Å². The van der Waals surface area contributed by atoms with Gasteiger partial charge in [-0.1, -0.05) is 0 Å². The van der Waals surface area contributed by atoms with Crippen molar-refractivity contribution in [1.29, 1.82) is 0 Å². The Morgan fingerprint density at radius 3 is 1.86 bits per heavy atom. The maximum Gasteiger partial charge on any atom is 0.305 e. The number of carbonyl (C=O) groups is 3. The lowest BCUT2D eigenvalue weighted by Crippen LogP contribution is -2.61. The van der Waals surface area contributed by atoms with Crippen LogP contribution in [-0.2, 0) is 33.3 Å². The highest BCUT2D eigenvalue weighted by Gasteiger charge is 2.50. The zero-order chi connectivity index (χ0) is 16.2. The van der Waals surface area contributed by atoms with Crippen molar-refractivity contribution >= 4 is 17.9 Å². The number of aliphatic hydroxyl groups excluding tert-OH is 2. The van der Waals surface area contributed by atoms with E-state index in [-0.39, 0.29) is 0 Å².